The number of hydrogen-bond acceptors (Lipinski definition) is 5. The Hall–Kier alpha value is -2.64. The number of nitrogens with one attached hydrogen (secondary N) is 2. The fraction of sp³-hybridized carbons (Fsp3) is 0.529. The number of aromatic nitrogens is 5. The average Bonchev–Trinajstić information content (AvgIpc) is 3.22. The Morgan fingerprint density at radius 3 is 3.00 bits per heavy atom. The quantitative estimate of drug-likeness (QED) is 0.746. The van der Waals surface area contributed by atoms with E-state index in [1.54, 1.807) is 6.20 Å². The summed E-state index contributed by atoms with van der Waals surface area (Å²) in [5, 5.41) is 11.6. The number of ether oxygens (including phenoxy) is 1. The molecule has 0 aromatic carbocycles. The van der Waals surface area contributed by atoms with Gasteiger partial charge in [0.1, 0.15) is 11.4 Å². The third-order valence-electron chi connectivity index (χ3n) is 4.49. The van der Waals surface area contributed by atoms with Crippen molar-refractivity contribution in [3.05, 3.63) is 24.3 Å². The summed E-state index contributed by atoms with van der Waals surface area (Å²) >= 11 is 0. The highest BCUT2D eigenvalue weighted by Crippen LogP contribution is 2.34. The summed E-state index contributed by atoms with van der Waals surface area (Å²) in [6.45, 7) is 5.59. The van der Waals surface area contributed by atoms with Gasteiger partial charge < -0.3 is 15.0 Å². The number of H-pyrrole nitrogens is 1. The van der Waals surface area contributed by atoms with Crippen molar-refractivity contribution in [1.29, 1.82) is 0 Å². The van der Waals surface area contributed by atoms with E-state index in [2.05, 4.69) is 29.9 Å². The molecule has 1 aliphatic carbocycles. The molecule has 8 heteroatoms. The van der Waals surface area contributed by atoms with Crippen molar-refractivity contribution < 1.29 is 9.53 Å². The largest absolute Gasteiger partial charge is 0.444 e. The highest BCUT2D eigenvalue weighted by Gasteiger charge is 2.31. The van der Waals surface area contributed by atoms with Crippen LogP contribution in [0, 0.1) is 0 Å². The Balaban J connectivity index is 1.53. The molecule has 3 aromatic heterocycles. The molecule has 2 N–H and O–H groups in total. The summed E-state index contributed by atoms with van der Waals surface area (Å²) in [4.78, 5) is 19.4. The van der Waals surface area contributed by atoms with E-state index >= 15 is 0 Å². The van der Waals surface area contributed by atoms with E-state index in [1.165, 1.54) is 0 Å². The number of rotatable bonds is 2. The van der Waals surface area contributed by atoms with Crippen LogP contribution in [-0.2, 0) is 4.74 Å². The zero-order chi connectivity index (χ0) is 17.6. The second-order valence-corrected chi connectivity index (χ2v) is 7.57. The number of fused-ring (bicyclic) bond motifs is 3. The Morgan fingerprint density at radius 1 is 1.36 bits per heavy atom. The minimum atomic E-state index is -0.488. The fourth-order valence-corrected chi connectivity index (χ4v) is 3.48. The van der Waals surface area contributed by atoms with E-state index in [4.69, 9.17) is 4.74 Å². The first-order chi connectivity index (χ1) is 11.9. The fourth-order valence-electron chi connectivity index (χ4n) is 3.48. The second kappa shape index (κ2) is 5.72. The van der Waals surface area contributed by atoms with Gasteiger partial charge in [0.15, 0.2) is 11.3 Å². The van der Waals surface area contributed by atoms with Crippen molar-refractivity contribution in [3.63, 3.8) is 0 Å². The first-order valence-corrected chi connectivity index (χ1v) is 8.57. The molecular weight excluding hydrogens is 320 g/mol. The van der Waals surface area contributed by atoms with Gasteiger partial charge in [-0.25, -0.2) is 9.78 Å². The second-order valence-electron chi connectivity index (χ2n) is 7.57. The number of alkyl carbamates (subject to hydrolysis) is 1. The molecule has 132 valence electrons. The van der Waals surface area contributed by atoms with Crippen LogP contribution < -0.4 is 5.32 Å². The molecule has 0 bridgehead atoms. The van der Waals surface area contributed by atoms with Crippen LogP contribution >= 0.6 is 0 Å². The molecule has 1 fully saturated rings. The molecule has 8 nitrogen and oxygen atoms in total. The maximum atomic E-state index is 12.0. The van der Waals surface area contributed by atoms with Crippen LogP contribution in [0.4, 0.5) is 4.79 Å². The minimum absolute atomic E-state index is 0.0933. The van der Waals surface area contributed by atoms with Crippen molar-refractivity contribution in [3.8, 4) is 0 Å². The van der Waals surface area contributed by atoms with E-state index in [1.807, 2.05) is 33.0 Å². The molecule has 25 heavy (non-hydrogen) atoms. The topological polar surface area (TPSA) is 97.2 Å². The van der Waals surface area contributed by atoms with Gasteiger partial charge in [0.2, 0.25) is 0 Å². The lowest BCUT2D eigenvalue weighted by atomic mass is 10.1. The zero-order valence-corrected chi connectivity index (χ0v) is 14.6. The Kier molecular flexibility index (Phi) is 3.63. The van der Waals surface area contributed by atoms with Gasteiger partial charge in [-0.05, 0) is 46.1 Å². The molecule has 1 aliphatic rings. The van der Waals surface area contributed by atoms with Gasteiger partial charge in [0.25, 0.3) is 0 Å². The Bertz CT molecular complexity index is 922. The van der Waals surface area contributed by atoms with Crippen LogP contribution in [0.15, 0.2) is 18.5 Å². The van der Waals surface area contributed by atoms with Gasteiger partial charge in [0, 0.05) is 18.2 Å². The van der Waals surface area contributed by atoms with Crippen molar-refractivity contribution in [2.45, 2.75) is 57.6 Å². The third-order valence-corrected chi connectivity index (χ3v) is 4.49. The van der Waals surface area contributed by atoms with Gasteiger partial charge in [-0.3, -0.25) is 4.40 Å². The van der Waals surface area contributed by atoms with E-state index in [0.717, 1.165) is 41.9 Å². The molecule has 3 heterocycles. The van der Waals surface area contributed by atoms with Gasteiger partial charge in [0.05, 0.1) is 11.7 Å². The molecule has 0 unspecified atom stereocenters. The molecule has 0 saturated heterocycles. The van der Waals surface area contributed by atoms with Crippen LogP contribution in [0.25, 0.3) is 16.8 Å². The average molecular weight is 342 g/mol. The Labute approximate surface area is 145 Å². The highest BCUT2D eigenvalue weighted by molar-refractivity contribution is 5.74. The minimum Gasteiger partial charge on any atom is -0.444 e. The third kappa shape index (κ3) is 3.04. The molecule has 0 spiro atoms. The first-order valence-electron chi connectivity index (χ1n) is 8.57. The smallest absolute Gasteiger partial charge is 0.407 e. The number of carbonyl (C=O) groups excluding carboxylic acids is 1. The maximum absolute atomic E-state index is 12.0. The lowest BCUT2D eigenvalue weighted by molar-refractivity contribution is 0.0505. The summed E-state index contributed by atoms with van der Waals surface area (Å²) in [6.07, 6.45) is 5.91. The summed E-state index contributed by atoms with van der Waals surface area (Å²) in [5.41, 5.74) is 2.04. The lowest BCUT2D eigenvalue weighted by Crippen LogP contribution is -2.37. The van der Waals surface area contributed by atoms with E-state index in [-0.39, 0.29) is 18.1 Å². The first kappa shape index (κ1) is 15.9. The van der Waals surface area contributed by atoms with Crippen molar-refractivity contribution in [1.82, 2.24) is 29.9 Å². The number of carbonyl (C=O) groups is 1. The van der Waals surface area contributed by atoms with Crippen LogP contribution in [-0.4, -0.2) is 42.3 Å². The maximum Gasteiger partial charge on any atom is 0.407 e. The van der Waals surface area contributed by atoms with Gasteiger partial charge >= 0.3 is 6.09 Å². The van der Waals surface area contributed by atoms with Crippen LogP contribution in [0.3, 0.4) is 0 Å². The van der Waals surface area contributed by atoms with Crippen LogP contribution in [0.1, 0.15) is 51.8 Å². The molecule has 3 aromatic rings. The van der Waals surface area contributed by atoms with Gasteiger partial charge in [-0.15, -0.1) is 10.2 Å². The predicted octanol–water partition coefficient (Wildman–Crippen LogP) is 2.77. The molecule has 0 aliphatic heterocycles. The SMILES string of the molecule is CC(C)(C)OC(=O)N[C@H]1CC[C@@H](c2nnc3cnc4[nH]ccc4n23)C1. The Morgan fingerprint density at radius 2 is 2.20 bits per heavy atom. The van der Waals surface area contributed by atoms with E-state index in [0.29, 0.717) is 0 Å². The van der Waals surface area contributed by atoms with E-state index < -0.39 is 5.60 Å². The normalized spacial score (nSPS) is 21.1. The van der Waals surface area contributed by atoms with Gasteiger partial charge in [-0.2, -0.15) is 0 Å². The summed E-state index contributed by atoms with van der Waals surface area (Å²) in [7, 11) is 0. The molecule has 1 amide bonds. The molecule has 2 atom stereocenters. The zero-order valence-electron chi connectivity index (χ0n) is 14.6. The summed E-state index contributed by atoms with van der Waals surface area (Å²) in [5.74, 6) is 1.17. The number of nitrogens with zero attached hydrogens (tertiary/aromatic N) is 4. The van der Waals surface area contributed by atoms with Crippen LogP contribution in [0.5, 0.6) is 0 Å². The molecule has 4 rings (SSSR count). The van der Waals surface area contributed by atoms with Crippen molar-refractivity contribution in [2.24, 2.45) is 0 Å². The lowest BCUT2D eigenvalue weighted by Gasteiger charge is -2.21. The summed E-state index contributed by atoms with van der Waals surface area (Å²) in [6, 6.07) is 2.07. The highest BCUT2D eigenvalue weighted by atomic mass is 16.6. The molecule has 1 saturated carbocycles. The van der Waals surface area contributed by atoms with Crippen molar-refractivity contribution >= 4 is 22.9 Å². The monoisotopic (exact) mass is 342 g/mol. The van der Waals surface area contributed by atoms with Gasteiger partial charge in [-0.1, -0.05) is 0 Å². The molecular formula is C17H22N6O2. The standard InChI is InChI=1S/C17H22N6O2/c1-17(2,3)25-16(24)20-11-5-4-10(8-11)15-22-21-13-9-19-14-12(23(13)15)6-7-18-14/h6-7,9-11,18H,4-5,8H2,1-3H3,(H,20,24)/t10-,11+/m1/s1. The number of aromatic amines is 1. The predicted molar refractivity (Wildman–Crippen MR) is 92.4 cm³/mol. The molecule has 0 radical (unpaired) electrons. The number of amides is 1. The number of hydrogen-bond donors (Lipinski definition) is 2. The van der Waals surface area contributed by atoms with Crippen LogP contribution in [0.2, 0.25) is 0 Å². The summed E-state index contributed by atoms with van der Waals surface area (Å²) < 4.78 is 7.40. The van der Waals surface area contributed by atoms with Crippen molar-refractivity contribution in [2.75, 3.05) is 0 Å². The van der Waals surface area contributed by atoms with E-state index in [9.17, 15) is 4.79 Å².